The fraction of sp³-hybridized carbons (Fsp3) is 0.200. The lowest BCUT2D eigenvalue weighted by Gasteiger charge is -2.16. The number of ether oxygens (including phenoxy) is 1. The molecule has 0 heterocycles. The molecule has 3 aromatic carbocycles. The van der Waals surface area contributed by atoms with Crippen LogP contribution >= 0.6 is 11.6 Å². The van der Waals surface area contributed by atoms with Gasteiger partial charge in [0.05, 0.1) is 23.9 Å². The van der Waals surface area contributed by atoms with Gasteiger partial charge in [0, 0.05) is 11.4 Å². The summed E-state index contributed by atoms with van der Waals surface area (Å²) in [4.78, 5) is 25.2. The molecule has 31 heavy (non-hydrogen) atoms. The van der Waals surface area contributed by atoms with E-state index in [9.17, 15) is 9.59 Å². The van der Waals surface area contributed by atoms with Gasteiger partial charge in [0.1, 0.15) is 5.75 Å². The van der Waals surface area contributed by atoms with Crippen LogP contribution in [-0.4, -0.2) is 18.4 Å². The number of anilines is 1. The molecule has 0 bridgehead atoms. The molecule has 0 aliphatic carbocycles. The van der Waals surface area contributed by atoms with Crippen LogP contribution < -0.4 is 15.4 Å². The van der Waals surface area contributed by atoms with Crippen LogP contribution in [0.15, 0.2) is 78.9 Å². The summed E-state index contributed by atoms with van der Waals surface area (Å²) in [6.45, 7) is 2.33. The number of carbonyl (C=O) groups excluding carboxylic acids is 2. The Morgan fingerprint density at radius 2 is 1.61 bits per heavy atom. The van der Waals surface area contributed by atoms with Crippen molar-refractivity contribution in [3.8, 4) is 5.75 Å². The maximum atomic E-state index is 12.8. The zero-order chi connectivity index (χ0) is 22.1. The molecule has 3 aromatic rings. The number of hydrogen-bond acceptors (Lipinski definition) is 3. The highest BCUT2D eigenvalue weighted by Crippen LogP contribution is 2.19. The maximum Gasteiger partial charge on any atom is 0.253 e. The third kappa shape index (κ3) is 6.86. The van der Waals surface area contributed by atoms with Crippen molar-refractivity contribution in [1.29, 1.82) is 0 Å². The van der Waals surface area contributed by atoms with Crippen LogP contribution in [0, 0.1) is 0 Å². The summed E-state index contributed by atoms with van der Waals surface area (Å²) in [7, 11) is 0. The highest BCUT2D eigenvalue weighted by molar-refractivity contribution is 6.30. The number of hydrogen-bond donors (Lipinski definition) is 2. The number of amides is 2. The van der Waals surface area contributed by atoms with Crippen molar-refractivity contribution in [1.82, 2.24) is 5.32 Å². The van der Waals surface area contributed by atoms with E-state index in [-0.39, 0.29) is 24.3 Å². The van der Waals surface area contributed by atoms with E-state index in [4.69, 9.17) is 16.3 Å². The second kappa shape index (κ2) is 11.2. The first kappa shape index (κ1) is 22.4. The van der Waals surface area contributed by atoms with Gasteiger partial charge in [0.15, 0.2) is 0 Å². The summed E-state index contributed by atoms with van der Waals surface area (Å²) in [5, 5.41) is 6.46. The zero-order valence-corrected chi connectivity index (χ0v) is 18.1. The van der Waals surface area contributed by atoms with Gasteiger partial charge in [-0.2, -0.15) is 0 Å². The molecule has 0 saturated heterocycles. The van der Waals surface area contributed by atoms with Gasteiger partial charge in [-0.05, 0) is 55.3 Å². The average Bonchev–Trinajstić information content (AvgIpc) is 2.79. The first-order valence-corrected chi connectivity index (χ1v) is 10.5. The maximum absolute atomic E-state index is 12.8. The highest BCUT2D eigenvalue weighted by atomic mass is 35.5. The van der Waals surface area contributed by atoms with Crippen LogP contribution in [0.4, 0.5) is 5.69 Å². The molecular formula is C25H25ClN2O3. The van der Waals surface area contributed by atoms with Crippen LogP contribution in [0.1, 0.15) is 41.7 Å². The van der Waals surface area contributed by atoms with Crippen molar-refractivity contribution in [3.63, 3.8) is 0 Å². The van der Waals surface area contributed by atoms with Gasteiger partial charge in [-0.25, -0.2) is 0 Å². The number of para-hydroxylation sites is 1. The van der Waals surface area contributed by atoms with Crippen LogP contribution in [0.25, 0.3) is 0 Å². The van der Waals surface area contributed by atoms with Crippen molar-refractivity contribution >= 4 is 29.1 Å². The summed E-state index contributed by atoms with van der Waals surface area (Å²) in [6.07, 6.45) is 0.831. The van der Waals surface area contributed by atoms with E-state index in [0.29, 0.717) is 35.1 Å². The Morgan fingerprint density at radius 1 is 0.935 bits per heavy atom. The minimum Gasteiger partial charge on any atom is -0.494 e. The third-order valence-corrected chi connectivity index (χ3v) is 4.98. The van der Waals surface area contributed by atoms with Crippen molar-refractivity contribution in [2.75, 3.05) is 11.9 Å². The van der Waals surface area contributed by atoms with Gasteiger partial charge in [-0.15, -0.1) is 0 Å². The molecule has 5 nitrogen and oxygen atoms in total. The molecule has 0 aromatic heterocycles. The van der Waals surface area contributed by atoms with E-state index >= 15 is 0 Å². The number of benzene rings is 3. The predicted octanol–water partition coefficient (Wildman–Crippen LogP) is 5.63. The molecule has 6 heteroatoms. The zero-order valence-electron chi connectivity index (χ0n) is 17.3. The number of rotatable bonds is 9. The lowest BCUT2D eigenvalue weighted by Crippen LogP contribution is -2.28. The molecule has 0 spiro atoms. The average molecular weight is 437 g/mol. The molecular weight excluding hydrogens is 412 g/mol. The normalized spacial score (nSPS) is 11.4. The minimum atomic E-state index is -0.238. The minimum absolute atomic E-state index is 0.150. The molecule has 0 radical (unpaired) electrons. The van der Waals surface area contributed by atoms with Crippen LogP contribution in [-0.2, 0) is 4.79 Å². The summed E-state index contributed by atoms with van der Waals surface area (Å²) in [5.74, 6) is 0.300. The van der Waals surface area contributed by atoms with Gasteiger partial charge in [0.25, 0.3) is 5.91 Å². The second-order valence-corrected chi connectivity index (χ2v) is 7.54. The van der Waals surface area contributed by atoms with Gasteiger partial charge in [-0.3, -0.25) is 9.59 Å². The summed E-state index contributed by atoms with van der Waals surface area (Å²) >= 11 is 5.85. The van der Waals surface area contributed by atoms with E-state index in [0.717, 1.165) is 5.56 Å². The highest BCUT2D eigenvalue weighted by Gasteiger charge is 2.16. The Labute approximate surface area is 187 Å². The van der Waals surface area contributed by atoms with Crippen LogP contribution in [0.2, 0.25) is 5.02 Å². The van der Waals surface area contributed by atoms with E-state index in [1.54, 1.807) is 48.5 Å². The molecule has 1 atom stereocenters. The smallest absolute Gasteiger partial charge is 0.253 e. The largest absolute Gasteiger partial charge is 0.494 e. The molecule has 160 valence electrons. The van der Waals surface area contributed by atoms with Gasteiger partial charge in [-0.1, -0.05) is 54.1 Å². The molecule has 0 aliphatic rings. The Hall–Kier alpha value is -3.31. The third-order valence-electron chi connectivity index (χ3n) is 4.72. The summed E-state index contributed by atoms with van der Waals surface area (Å²) in [5.41, 5.74) is 1.93. The van der Waals surface area contributed by atoms with Crippen molar-refractivity contribution in [3.05, 3.63) is 95.0 Å². The van der Waals surface area contributed by atoms with E-state index in [1.165, 1.54) is 0 Å². The molecule has 3 rings (SSSR count). The SMILES string of the molecule is C[C@H](NC(=O)c1ccccc1NC(=O)CCCOc1ccc(Cl)cc1)c1ccccc1. The summed E-state index contributed by atoms with van der Waals surface area (Å²) < 4.78 is 5.61. The Balaban J connectivity index is 1.51. The monoisotopic (exact) mass is 436 g/mol. The van der Waals surface area contributed by atoms with Crippen LogP contribution in [0.5, 0.6) is 5.75 Å². The van der Waals surface area contributed by atoms with E-state index in [2.05, 4.69) is 10.6 Å². The standard InChI is InChI=1S/C25H25ClN2O3/c1-18(19-8-3-2-4-9-19)27-25(30)22-10-5-6-11-23(22)28-24(29)12-7-17-31-21-15-13-20(26)14-16-21/h2-6,8-11,13-16,18H,7,12,17H2,1H3,(H,27,30)(H,28,29)/t18-/m0/s1. The number of halogens is 1. The number of nitrogens with one attached hydrogen (secondary N) is 2. The molecule has 2 amide bonds. The fourth-order valence-corrected chi connectivity index (χ4v) is 3.18. The van der Waals surface area contributed by atoms with Gasteiger partial charge < -0.3 is 15.4 Å². The van der Waals surface area contributed by atoms with Gasteiger partial charge in [0.2, 0.25) is 5.91 Å². The topological polar surface area (TPSA) is 67.4 Å². The van der Waals surface area contributed by atoms with Crippen molar-refractivity contribution < 1.29 is 14.3 Å². The molecule has 0 aliphatic heterocycles. The van der Waals surface area contributed by atoms with Gasteiger partial charge >= 0.3 is 0 Å². The molecule has 2 N–H and O–H groups in total. The first-order chi connectivity index (χ1) is 15.0. The Kier molecular flexibility index (Phi) is 8.07. The lowest BCUT2D eigenvalue weighted by atomic mass is 10.1. The van der Waals surface area contributed by atoms with E-state index in [1.807, 2.05) is 37.3 Å². The van der Waals surface area contributed by atoms with Crippen LogP contribution in [0.3, 0.4) is 0 Å². The fourth-order valence-electron chi connectivity index (χ4n) is 3.06. The molecule has 0 fully saturated rings. The second-order valence-electron chi connectivity index (χ2n) is 7.11. The summed E-state index contributed by atoms with van der Waals surface area (Å²) in [6, 6.07) is 23.6. The molecule has 0 unspecified atom stereocenters. The van der Waals surface area contributed by atoms with Crippen molar-refractivity contribution in [2.45, 2.75) is 25.8 Å². The predicted molar refractivity (Wildman–Crippen MR) is 124 cm³/mol. The first-order valence-electron chi connectivity index (χ1n) is 10.2. The lowest BCUT2D eigenvalue weighted by molar-refractivity contribution is -0.116. The van der Waals surface area contributed by atoms with Crippen molar-refractivity contribution in [2.24, 2.45) is 0 Å². The molecule has 0 saturated carbocycles. The number of carbonyl (C=O) groups is 2. The van der Waals surface area contributed by atoms with E-state index < -0.39 is 0 Å². The quantitative estimate of drug-likeness (QED) is 0.427. The Morgan fingerprint density at radius 3 is 2.35 bits per heavy atom. The Bertz CT molecular complexity index is 1010.